The van der Waals surface area contributed by atoms with Crippen molar-refractivity contribution < 1.29 is 19.0 Å². The summed E-state index contributed by atoms with van der Waals surface area (Å²) in [4.78, 5) is 11.1. The first-order valence-corrected chi connectivity index (χ1v) is 9.43. The van der Waals surface area contributed by atoms with Gasteiger partial charge in [0.05, 0.1) is 6.42 Å². The maximum atomic E-state index is 14.9. The van der Waals surface area contributed by atoms with Crippen molar-refractivity contribution in [2.45, 2.75) is 32.9 Å². The third-order valence-electron chi connectivity index (χ3n) is 4.88. The molecule has 0 spiro atoms. The van der Waals surface area contributed by atoms with Gasteiger partial charge in [-0.1, -0.05) is 48.5 Å². The lowest BCUT2D eigenvalue weighted by molar-refractivity contribution is -0.136. The third-order valence-corrected chi connectivity index (χ3v) is 4.88. The van der Waals surface area contributed by atoms with Crippen molar-refractivity contribution in [2.75, 3.05) is 0 Å². The number of carboxylic acid groups (broad SMARTS) is 1. The highest BCUT2D eigenvalue weighted by Crippen LogP contribution is 2.29. The highest BCUT2D eigenvalue weighted by Gasteiger charge is 2.14. The van der Waals surface area contributed by atoms with Crippen molar-refractivity contribution in [3.63, 3.8) is 0 Å². The molecule has 0 radical (unpaired) electrons. The summed E-state index contributed by atoms with van der Waals surface area (Å²) in [5, 5.41) is 9.07. The van der Waals surface area contributed by atoms with Crippen LogP contribution in [0.2, 0.25) is 0 Å². The average molecular weight is 428 g/mol. The van der Waals surface area contributed by atoms with Crippen molar-refractivity contribution in [3.05, 3.63) is 88.7 Å². The summed E-state index contributed by atoms with van der Waals surface area (Å²) in [6, 6.07) is 17.6. The molecule has 0 aliphatic rings. The van der Waals surface area contributed by atoms with Gasteiger partial charge in [0.25, 0.3) is 0 Å². The van der Waals surface area contributed by atoms with Gasteiger partial charge in [-0.2, -0.15) is 13.5 Å². The molecule has 0 bridgehead atoms. The number of halogens is 1. The molecule has 3 rings (SSSR count). The summed E-state index contributed by atoms with van der Waals surface area (Å²) in [6.45, 7) is 3.97. The van der Waals surface area contributed by atoms with Gasteiger partial charge in [-0.05, 0) is 42.7 Å². The molecule has 0 unspecified atom stereocenters. The molecular formula is C24H26FNO3S. The molecule has 3 aromatic carbocycles. The van der Waals surface area contributed by atoms with Gasteiger partial charge in [0.2, 0.25) is 0 Å². The molecule has 0 fully saturated rings. The van der Waals surface area contributed by atoms with Crippen LogP contribution in [-0.4, -0.2) is 11.1 Å². The molecule has 0 aliphatic heterocycles. The van der Waals surface area contributed by atoms with Crippen LogP contribution in [0, 0.1) is 12.7 Å². The molecule has 30 heavy (non-hydrogen) atoms. The fourth-order valence-corrected chi connectivity index (χ4v) is 3.23. The van der Waals surface area contributed by atoms with Gasteiger partial charge in [0.1, 0.15) is 18.2 Å². The van der Waals surface area contributed by atoms with Gasteiger partial charge >= 0.3 is 5.97 Å². The number of benzene rings is 3. The summed E-state index contributed by atoms with van der Waals surface area (Å²) in [5.74, 6) is -0.696. The molecule has 0 saturated heterocycles. The smallest absolute Gasteiger partial charge is 0.307 e. The molecule has 0 amide bonds. The van der Waals surface area contributed by atoms with E-state index in [1.54, 1.807) is 49.4 Å². The zero-order valence-electron chi connectivity index (χ0n) is 17.0. The van der Waals surface area contributed by atoms with Crippen molar-refractivity contribution in [2.24, 2.45) is 5.73 Å². The van der Waals surface area contributed by atoms with Crippen molar-refractivity contribution >= 4 is 19.5 Å². The first-order valence-electron chi connectivity index (χ1n) is 9.43. The van der Waals surface area contributed by atoms with Crippen molar-refractivity contribution in [3.8, 4) is 16.9 Å². The number of nitrogens with two attached hydrogens (primary N) is 1. The lowest BCUT2D eigenvalue weighted by Crippen LogP contribution is -2.08. The quantitative estimate of drug-likeness (QED) is 0.548. The summed E-state index contributed by atoms with van der Waals surface area (Å²) in [6.07, 6.45) is -0.107. The number of carboxylic acids is 1. The molecule has 158 valence electrons. The zero-order valence-corrected chi connectivity index (χ0v) is 18.0. The molecule has 3 N–H and O–H groups in total. The number of aliphatic carboxylic acids is 1. The van der Waals surface area contributed by atoms with Crippen LogP contribution in [0.4, 0.5) is 4.39 Å². The normalized spacial score (nSPS) is 11.5. The van der Waals surface area contributed by atoms with Gasteiger partial charge in [-0.15, -0.1) is 0 Å². The van der Waals surface area contributed by atoms with E-state index < -0.39 is 12.0 Å². The Bertz CT molecular complexity index is 1040. The van der Waals surface area contributed by atoms with Crippen LogP contribution in [0.1, 0.15) is 35.2 Å². The van der Waals surface area contributed by atoms with E-state index in [1.165, 1.54) is 0 Å². The Labute approximate surface area is 183 Å². The van der Waals surface area contributed by atoms with Crippen LogP contribution in [0.15, 0.2) is 60.7 Å². The number of ether oxygens (including phenoxy) is 1. The second-order valence-corrected chi connectivity index (χ2v) is 7.11. The van der Waals surface area contributed by atoms with E-state index in [0.717, 1.165) is 16.7 Å². The van der Waals surface area contributed by atoms with E-state index >= 15 is 0 Å². The van der Waals surface area contributed by atoms with Gasteiger partial charge in [-0.3, -0.25) is 4.79 Å². The highest BCUT2D eigenvalue weighted by atomic mass is 32.1. The minimum Gasteiger partial charge on any atom is -0.489 e. The first-order chi connectivity index (χ1) is 13.9. The maximum Gasteiger partial charge on any atom is 0.307 e. The van der Waals surface area contributed by atoms with Gasteiger partial charge in [-0.25, -0.2) is 4.39 Å². The molecule has 0 saturated carbocycles. The predicted octanol–water partition coefficient (Wildman–Crippen LogP) is 5.14. The lowest BCUT2D eigenvalue weighted by atomic mass is 9.96. The molecule has 4 nitrogen and oxygen atoms in total. The number of hydrogen-bond donors (Lipinski definition) is 2. The number of hydrogen-bond acceptors (Lipinski definition) is 3. The van der Waals surface area contributed by atoms with Crippen molar-refractivity contribution in [1.82, 2.24) is 0 Å². The van der Waals surface area contributed by atoms with E-state index in [1.807, 2.05) is 25.1 Å². The Balaban J connectivity index is 0.00000320. The molecule has 1 atom stereocenters. The zero-order chi connectivity index (χ0) is 21.0. The van der Waals surface area contributed by atoms with E-state index in [0.29, 0.717) is 22.4 Å². The van der Waals surface area contributed by atoms with Crippen LogP contribution in [0.25, 0.3) is 11.1 Å². The van der Waals surface area contributed by atoms with Crippen LogP contribution in [-0.2, 0) is 17.8 Å². The Hall–Kier alpha value is -2.83. The van der Waals surface area contributed by atoms with Crippen LogP contribution < -0.4 is 10.5 Å². The Morgan fingerprint density at radius 2 is 1.83 bits per heavy atom. The minimum absolute atomic E-state index is 0. The standard InChI is InChI=1S/C24H24FNO3.H2S/c1-15-10-11-17(21-8-5-7-20(16(2)26)24(21)25)12-19(15)14-29-22-9-4-3-6-18(22)13-23(27)28;/h3-12,16H,13-14,26H2,1-2H3,(H,27,28);1H2/t16-;/m0./s1. The topological polar surface area (TPSA) is 72.5 Å². The molecule has 3 aromatic rings. The molecule has 0 aromatic heterocycles. The summed E-state index contributed by atoms with van der Waals surface area (Å²) in [5.41, 5.74) is 10.1. The maximum absolute atomic E-state index is 14.9. The average Bonchev–Trinajstić information content (AvgIpc) is 2.68. The molecule has 6 heteroatoms. The molecular weight excluding hydrogens is 401 g/mol. The second kappa shape index (κ2) is 10.3. The summed E-state index contributed by atoms with van der Waals surface area (Å²) in [7, 11) is 0. The van der Waals surface area contributed by atoms with Crippen LogP contribution in [0.5, 0.6) is 5.75 Å². The van der Waals surface area contributed by atoms with Gasteiger partial charge in [0, 0.05) is 22.7 Å². The largest absolute Gasteiger partial charge is 0.489 e. The fourth-order valence-electron chi connectivity index (χ4n) is 3.23. The first kappa shape index (κ1) is 23.4. The number of aryl methyl sites for hydroxylation is 1. The van der Waals surface area contributed by atoms with Crippen LogP contribution >= 0.6 is 13.5 Å². The molecule has 0 aliphatic carbocycles. The summed E-state index contributed by atoms with van der Waals surface area (Å²) >= 11 is 0. The Kier molecular flexibility index (Phi) is 8.03. The van der Waals surface area contributed by atoms with E-state index in [2.05, 4.69) is 0 Å². The third kappa shape index (κ3) is 5.40. The Morgan fingerprint density at radius 3 is 2.53 bits per heavy atom. The van der Waals surface area contributed by atoms with E-state index in [4.69, 9.17) is 15.6 Å². The van der Waals surface area contributed by atoms with Crippen LogP contribution in [0.3, 0.4) is 0 Å². The van der Waals surface area contributed by atoms with E-state index in [9.17, 15) is 9.18 Å². The Morgan fingerprint density at radius 1 is 1.10 bits per heavy atom. The SMILES string of the molecule is Cc1ccc(-c2cccc([C@H](C)N)c2F)cc1COc1ccccc1CC(=O)O.S. The number of carbonyl (C=O) groups is 1. The number of para-hydroxylation sites is 1. The minimum atomic E-state index is -0.913. The second-order valence-electron chi connectivity index (χ2n) is 7.11. The monoisotopic (exact) mass is 427 g/mol. The van der Waals surface area contributed by atoms with Gasteiger partial charge < -0.3 is 15.6 Å². The predicted molar refractivity (Wildman–Crippen MR) is 122 cm³/mol. The summed E-state index contributed by atoms with van der Waals surface area (Å²) < 4.78 is 20.8. The number of rotatable bonds is 7. The fraction of sp³-hybridized carbons (Fsp3) is 0.208. The van der Waals surface area contributed by atoms with E-state index in [-0.39, 0.29) is 32.3 Å². The molecule has 0 heterocycles. The highest BCUT2D eigenvalue weighted by molar-refractivity contribution is 7.59. The van der Waals surface area contributed by atoms with Crippen molar-refractivity contribution in [1.29, 1.82) is 0 Å². The van der Waals surface area contributed by atoms with Gasteiger partial charge in [0.15, 0.2) is 0 Å². The lowest BCUT2D eigenvalue weighted by Gasteiger charge is -2.15.